The Morgan fingerprint density at radius 2 is 2.20 bits per heavy atom. The molecule has 0 spiro atoms. The van der Waals surface area contributed by atoms with Crippen LogP contribution in [0.25, 0.3) is 0 Å². The third-order valence-electron chi connectivity index (χ3n) is 2.30. The number of carboxylic acids is 2. The molecule has 0 aromatic rings. The highest BCUT2D eigenvalue weighted by molar-refractivity contribution is 6.36. The van der Waals surface area contributed by atoms with Crippen LogP contribution in [0.3, 0.4) is 0 Å². The number of hydrogen-bond acceptors (Lipinski definition) is 5. The van der Waals surface area contributed by atoms with Crippen LogP contribution >= 0.6 is 0 Å². The van der Waals surface area contributed by atoms with Crippen molar-refractivity contribution in [3.63, 3.8) is 0 Å². The lowest BCUT2D eigenvalue weighted by Gasteiger charge is -2.15. The van der Waals surface area contributed by atoms with Gasteiger partial charge in [0.2, 0.25) is 0 Å². The number of hydrogen-bond donors (Lipinski definition) is 3. The van der Waals surface area contributed by atoms with Crippen molar-refractivity contribution in [2.45, 2.75) is 25.5 Å². The Bertz CT molecular complexity index is 314. The Morgan fingerprint density at radius 3 is 2.60 bits per heavy atom. The van der Waals surface area contributed by atoms with E-state index < -0.39 is 30.0 Å². The maximum Gasteiger partial charge on any atom is 0.354 e. The zero-order valence-electron chi connectivity index (χ0n) is 8.08. The summed E-state index contributed by atoms with van der Waals surface area (Å²) in [5.41, 5.74) is 5.20. The van der Waals surface area contributed by atoms with Gasteiger partial charge in [-0.05, 0) is 0 Å². The molecule has 0 fully saturated rings. The fourth-order valence-electron chi connectivity index (χ4n) is 1.31. The van der Waals surface area contributed by atoms with Crippen molar-refractivity contribution in [1.82, 2.24) is 0 Å². The molecule has 0 aliphatic carbocycles. The molecule has 0 amide bonds. The minimum Gasteiger partial charge on any atom is -0.480 e. The third kappa shape index (κ3) is 2.44. The molecule has 7 nitrogen and oxygen atoms in total. The second-order valence-electron chi connectivity index (χ2n) is 3.39. The van der Waals surface area contributed by atoms with E-state index in [-0.39, 0.29) is 12.1 Å². The second-order valence-corrected chi connectivity index (χ2v) is 3.39. The van der Waals surface area contributed by atoms with Gasteiger partial charge in [-0.1, -0.05) is 12.1 Å². The van der Waals surface area contributed by atoms with E-state index in [2.05, 4.69) is 5.16 Å². The van der Waals surface area contributed by atoms with Crippen LogP contribution in [0.4, 0.5) is 0 Å². The van der Waals surface area contributed by atoms with Crippen molar-refractivity contribution < 1.29 is 24.6 Å². The van der Waals surface area contributed by atoms with Crippen LogP contribution in [0, 0.1) is 5.92 Å². The summed E-state index contributed by atoms with van der Waals surface area (Å²) in [6, 6.07) is -1.07. The number of nitrogens with zero attached hydrogens (tertiary/aromatic N) is 1. The van der Waals surface area contributed by atoms with Crippen LogP contribution in [0.1, 0.15) is 13.3 Å². The standard InChI is InChI=1S/C8H12N2O5/c1-3-5(2-4(9)7(11)12)15-10-6(3)8(13)14/h3-5H,2,9H2,1H3,(H,11,12)(H,13,14)/t3-,4-,5+/m1/s1. The first-order chi connectivity index (χ1) is 6.93. The zero-order valence-corrected chi connectivity index (χ0v) is 8.08. The molecule has 4 N–H and O–H groups in total. The Labute approximate surface area is 85.5 Å². The summed E-state index contributed by atoms with van der Waals surface area (Å²) in [5, 5.41) is 20.6. The fraction of sp³-hybridized carbons (Fsp3) is 0.625. The molecular formula is C8H12N2O5. The normalized spacial score (nSPS) is 26.7. The van der Waals surface area contributed by atoms with Gasteiger partial charge in [0.1, 0.15) is 12.1 Å². The molecule has 0 bridgehead atoms. The highest BCUT2D eigenvalue weighted by Crippen LogP contribution is 2.21. The maximum atomic E-state index is 10.6. The Balaban J connectivity index is 2.57. The van der Waals surface area contributed by atoms with Gasteiger partial charge in [-0.15, -0.1) is 0 Å². The van der Waals surface area contributed by atoms with Gasteiger partial charge in [-0.3, -0.25) is 4.79 Å². The van der Waals surface area contributed by atoms with E-state index in [1.165, 1.54) is 0 Å². The molecule has 15 heavy (non-hydrogen) atoms. The van der Waals surface area contributed by atoms with Gasteiger partial charge in [0.05, 0.1) is 0 Å². The first kappa shape index (κ1) is 11.4. The number of nitrogens with two attached hydrogens (primary N) is 1. The van der Waals surface area contributed by atoms with Gasteiger partial charge in [0.25, 0.3) is 0 Å². The predicted molar refractivity (Wildman–Crippen MR) is 49.3 cm³/mol. The van der Waals surface area contributed by atoms with Crippen molar-refractivity contribution >= 4 is 17.7 Å². The number of carboxylic acid groups (broad SMARTS) is 2. The minimum absolute atomic E-state index is 0.0385. The van der Waals surface area contributed by atoms with Crippen molar-refractivity contribution in [2.24, 2.45) is 16.8 Å². The topological polar surface area (TPSA) is 122 Å². The molecule has 0 aromatic carbocycles. The molecule has 3 atom stereocenters. The smallest absolute Gasteiger partial charge is 0.354 e. The van der Waals surface area contributed by atoms with E-state index in [0.717, 1.165) is 0 Å². The van der Waals surface area contributed by atoms with Crippen LogP contribution in [-0.4, -0.2) is 40.0 Å². The summed E-state index contributed by atoms with van der Waals surface area (Å²) >= 11 is 0. The van der Waals surface area contributed by atoms with Crippen LogP contribution in [0.15, 0.2) is 5.16 Å². The van der Waals surface area contributed by atoms with Crippen molar-refractivity contribution in [1.29, 1.82) is 0 Å². The summed E-state index contributed by atoms with van der Waals surface area (Å²) < 4.78 is 0. The van der Waals surface area contributed by atoms with Gasteiger partial charge in [0.15, 0.2) is 5.71 Å². The molecule has 0 saturated carbocycles. The van der Waals surface area contributed by atoms with Gasteiger partial charge in [-0.2, -0.15) is 0 Å². The van der Waals surface area contributed by atoms with Gasteiger partial charge >= 0.3 is 11.9 Å². The molecule has 1 rings (SSSR count). The molecule has 0 unspecified atom stereocenters. The van der Waals surface area contributed by atoms with Gasteiger partial charge in [-0.25, -0.2) is 4.79 Å². The fourth-order valence-corrected chi connectivity index (χ4v) is 1.31. The van der Waals surface area contributed by atoms with E-state index in [0.29, 0.717) is 0 Å². The lowest BCUT2D eigenvalue weighted by molar-refractivity contribution is -0.139. The Kier molecular flexibility index (Phi) is 3.25. The summed E-state index contributed by atoms with van der Waals surface area (Å²) in [4.78, 5) is 25.9. The molecule has 1 heterocycles. The minimum atomic E-state index is -1.16. The third-order valence-corrected chi connectivity index (χ3v) is 2.30. The molecule has 1 aliphatic heterocycles. The average molecular weight is 216 g/mol. The number of aliphatic carboxylic acids is 2. The largest absolute Gasteiger partial charge is 0.480 e. The molecule has 0 saturated heterocycles. The number of oxime groups is 1. The summed E-state index contributed by atoms with van der Waals surface area (Å²) in [6.45, 7) is 1.61. The molecule has 0 aromatic heterocycles. The molecule has 0 radical (unpaired) electrons. The van der Waals surface area contributed by atoms with Crippen LogP contribution in [0.2, 0.25) is 0 Å². The summed E-state index contributed by atoms with van der Waals surface area (Å²) in [5.74, 6) is -2.75. The second kappa shape index (κ2) is 4.26. The quantitative estimate of drug-likeness (QED) is 0.569. The molecule has 1 aliphatic rings. The first-order valence-electron chi connectivity index (χ1n) is 4.39. The molecule has 7 heteroatoms. The predicted octanol–water partition coefficient (Wildman–Crippen LogP) is -0.736. The average Bonchev–Trinajstić information content (AvgIpc) is 2.48. The number of rotatable bonds is 4. The lowest BCUT2D eigenvalue weighted by atomic mass is 9.95. The van der Waals surface area contributed by atoms with Gasteiger partial charge in [0, 0.05) is 12.3 Å². The Morgan fingerprint density at radius 1 is 1.60 bits per heavy atom. The Hall–Kier alpha value is -1.63. The lowest BCUT2D eigenvalue weighted by Crippen LogP contribution is -2.37. The van der Waals surface area contributed by atoms with Crippen LogP contribution < -0.4 is 5.73 Å². The number of carbonyl (C=O) groups is 2. The van der Waals surface area contributed by atoms with Crippen molar-refractivity contribution in [2.75, 3.05) is 0 Å². The zero-order chi connectivity index (χ0) is 11.6. The summed E-state index contributed by atoms with van der Waals surface area (Å²) in [6.07, 6.45) is -0.543. The molecular weight excluding hydrogens is 204 g/mol. The van der Waals surface area contributed by atoms with E-state index >= 15 is 0 Å². The van der Waals surface area contributed by atoms with Crippen molar-refractivity contribution in [3.8, 4) is 0 Å². The van der Waals surface area contributed by atoms with E-state index in [4.69, 9.17) is 20.8 Å². The SMILES string of the molecule is C[C@H]1C(C(=O)O)=NO[C@H]1C[C@@H](N)C(=O)O. The molecule has 84 valence electrons. The maximum absolute atomic E-state index is 10.6. The first-order valence-corrected chi connectivity index (χ1v) is 4.39. The van der Waals surface area contributed by atoms with E-state index in [1.54, 1.807) is 6.92 Å². The van der Waals surface area contributed by atoms with Crippen LogP contribution in [-0.2, 0) is 14.4 Å². The monoisotopic (exact) mass is 216 g/mol. The highest BCUT2D eigenvalue weighted by Gasteiger charge is 2.36. The van der Waals surface area contributed by atoms with E-state index in [9.17, 15) is 9.59 Å². The highest BCUT2D eigenvalue weighted by atomic mass is 16.6. The van der Waals surface area contributed by atoms with Crippen LogP contribution in [0.5, 0.6) is 0 Å². The van der Waals surface area contributed by atoms with E-state index in [1.807, 2.05) is 0 Å². The van der Waals surface area contributed by atoms with Crippen molar-refractivity contribution in [3.05, 3.63) is 0 Å². The van der Waals surface area contributed by atoms with Gasteiger partial charge < -0.3 is 20.8 Å². The summed E-state index contributed by atoms with van der Waals surface area (Å²) in [7, 11) is 0.